The van der Waals surface area contributed by atoms with Gasteiger partial charge in [0.15, 0.2) is 0 Å². The van der Waals surface area contributed by atoms with Crippen molar-refractivity contribution in [2.45, 2.75) is 43.8 Å². The Hall–Kier alpha value is -1.73. The Balaban J connectivity index is 0.00000192. The highest BCUT2D eigenvalue weighted by atomic mass is 35.5. The van der Waals surface area contributed by atoms with Gasteiger partial charge in [0, 0.05) is 36.8 Å². The smallest absolute Gasteiger partial charge is 0.273 e. The zero-order valence-corrected chi connectivity index (χ0v) is 13.5. The van der Waals surface area contributed by atoms with Crippen molar-refractivity contribution in [3.63, 3.8) is 0 Å². The second-order valence-electron chi connectivity index (χ2n) is 6.13. The molecule has 2 aliphatic heterocycles. The van der Waals surface area contributed by atoms with E-state index in [1.54, 1.807) is 11.9 Å². The van der Waals surface area contributed by atoms with Crippen molar-refractivity contribution in [3.8, 4) is 0 Å². The molecule has 2 heterocycles. The average Bonchev–Trinajstić information content (AvgIpc) is 2.83. The number of non-ortho nitro benzene ring substituents is 1. The number of hydrogen-bond donors (Lipinski definition) is 1. The molecule has 0 spiro atoms. The van der Waals surface area contributed by atoms with E-state index in [2.05, 4.69) is 5.32 Å². The lowest BCUT2D eigenvalue weighted by Gasteiger charge is -2.35. The first-order chi connectivity index (χ1) is 10.4. The number of nitrogens with one attached hydrogen (secondary N) is 1. The lowest BCUT2D eigenvalue weighted by Crippen LogP contribution is -2.48. The number of rotatable bonds is 3. The van der Waals surface area contributed by atoms with Gasteiger partial charge in [-0.2, -0.15) is 0 Å². The molecule has 2 atom stereocenters. The first-order valence-corrected chi connectivity index (χ1v) is 7.42. The Labute approximate surface area is 139 Å². The number of hydrogen-bond acceptors (Lipinski definition) is 4. The number of carbonyl (C=O) groups excluding carboxylic acids is 1. The molecule has 0 aliphatic carbocycles. The molecule has 1 aromatic carbocycles. The molecular weight excluding hydrogens is 325 g/mol. The highest BCUT2D eigenvalue weighted by molar-refractivity contribution is 5.95. The maximum absolute atomic E-state index is 13.5. The number of nitro benzene ring substituents is 1. The van der Waals surface area contributed by atoms with Gasteiger partial charge in [0.05, 0.1) is 11.0 Å². The normalized spacial score (nSPS) is 25.6. The monoisotopic (exact) mass is 343 g/mol. The molecule has 1 amide bonds. The van der Waals surface area contributed by atoms with Crippen LogP contribution < -0.4 is 5.32 Å². The molecule has 8 heteroatoms. The Morgan fingerprint density at radius 3 is 2.48 bits per heavy atom. The number of amides is 1. The molecule has 2 aliphatic rings. The van der Waals surface area contributed by atoms with E-state index in [9.17, 15) is 19.3 Å². The van der Waals surface area contributed by atoms with Gasteiger partial charge in [-0.05, 0) is 31.7 Å². The molecule has 0 saturated carbocycles. The number of halogens is 2. The first-order valence-electron chi connectivity index (χ1n) is 7.42. The van der Waals surface area contributed by atoms with Gasteiger partial charge in [0.2, 0.25) is 0 Å². The van der Waals surface area contributed by atoms with Gasteiger partial charge in [-0.3, -0.25) is 14.9 Å². The number of piperidine rings is 1. The summed E-state index contributed by atoms with van der Waals surface area (Å²) in [6, 6.07) is 3.97. The summed E-state index contributed by atoms with van der Waals surface area (Å²) in [6.07, 6.45) is 3.98. The van der Waals surface area contributed by atoms with Crippen molar-refractivity contribution in [2.24, 2.45) is 0 Å². The van der Waals surface area contributed by atoms with E-state index in [4.69, 9.17) is 0 Å². The molecule has 23 heavy (non-hydrogen) atoms. The van der Waals surface area contributed by atoms with E-state index < -0.39 is 16.4 Å². The molecular formula is C15H19ClFN3O3. The predicted molar refractivity (Wildman–Crippen MR) is 85.4 cm³/mol. The summed E-state index contributed by atoms with van der Waals surface area (Å²) in [5, 5.41) is 14.3. The van der Waals surface area contributed by atoms with E-state index in [1.165, 1.54) is 0 Å². The maximum atomic E-state index is 13.5. The highest BCUT2D eigenvalue weighted by Gasteiger charge is 2.36. The Morgan fingerprint density at radius 2 is 1.91 bits per heavy atom. The van der Waals surface area contributed by atoms with Crippen LogP contribution in [0.25, 0.3) is 0 Å². The zero-order valence-electron chi connectivity index (χ0n) is 12.7. The van der Waals surface area contributed by atoms with Gasteiger partial charge in [-0.15, -0.1) is 12.4 Å². The standard InChI is InChI=1S/C15H18FN3O3.ClH/c1-18(13-7-11-2-3-12(8-13)17-11)15(20)9-4-10(16)6-14(5-9)19(21)22;/h4-6,11-13,17H,2-3,7-8H2,1H3;1H. The van der Waals surface area contributed by atoms with Crippen LogP contribution in [0.1, 0.15) is 36.0 Å². The molecule has 0 aromatic heterocycles. The second-order valence-corrected chi connectivity index (χ2v) is 6.13. The van der Waals surface area contributed by atoms with E-state index >= 15 is 0 Å². The average molecular weight is 344 g/mol. The van der Waals surface area contributed by atoms with Gasteiger partial charge >= 0.3 is 0 Å². The van der Waals surface area contributed by atoms with E-state index in [1.807, 2.05) is 0 Å². The summed E-state index contributed by atoms with van der Waals surface area (Å²) in [6.45, 7) is 0. The molecule has 2 unspecified atom stereocenters. The summed E-state index contributed by atoms with van der Waals surface area (Å²) in [5.74, 6) is -1.13. The third-order valence-electron chi connectivity index (χ3n) is 4.66. The summed E-state index contributed by atoms with van der Waals surface area (Å²) in [4.78, 5) is 24.2. The number of fused-ring (bicyclic) bond motifs is 2. The summed E-state index contributed by atoms with van der Waals surface area (Å²) in [7, 11) is 1.69. The van der Waals surface area contributed by atoms with E-state index in [0.29, 0.717) is 12.1 Å². The topological polar surface area (TPSA) is 75.5 Å². The minimum absolute atomic E-state index is 0. The number of benzene rings is 1. The quantitative estimate of drug-likeness (QED) is 0.676. The fourth-order valence-electron chi connectivity index (χ4n) is 3.52. The van der Waals surface area contributed by atoms with Gasteiger partial charge in [0.1, 0.15) is 5.82 Å². The van der Waals surface area contributed by atoms with Gasteiger partial charge in [-0.1, -0.05) is 0 Å². The van der Waals surface area contributed by atoms with Crippen molar-refractivity contribution in [2.75, 3.05) is 7.05 Å². The molecule has 2 bridgehead atoms. The fraction of sp³-hybridized carbons (Fsp3) is 0.533. The van der Waals surface area contributed by atoms with Crippen LogP contribution in [0, 0.1) is 15.9 Å². The minimum Gasteiger partial charge on any atom is -0.339 e. The third kappa shape index (κ3) is 3.61. The molecule has 6 nitrogen and oxygen atoms in total. The SMILES string of the molecule is CN(C(=O)c1cc(F)cc([N+](=O)[O-])c1)C1CC2CCC(C1)N2.Cl. The van der Waals surface area contributed by atoms with Crippen molar-refractivity contribution in [1.82, 2.24) is 10.2 Å². The molecule has 2 fully saturated rings. The van der Waals surface area contributed by atoms with Crippen LogP contribution in [-0.4, -0.2) is 40.9 Å². The Bertz CT molecular complexity index is 616. The molecule has 3 rings (SSSR count). The number of nitro groups is 1. The van der Waals surface area contributed by atoms with Gasteiger partial charge in [0.25, 0.3) is 11.6 Å². The van der Waals surface area contributed by atoms with Crippen LogP contribution in [0.5, 0.6) is 0 Å². The van der Waals surface area contributed by atoms with Crippen LogP contribution in [0.2, 0.25) is 0 Å². The number of carbonyl (C=O) groups is 1. The van der Waals surface area contributed by atoms with Crippen LogP contribution in [0.3, 0.4) is 0 Å². The lowest BCUT2D eigenvalue weighted by atomic mass is 9.98. The summed E-state index contributed by atoms with van der Waals surface area (Å²) in [5.41, 5.74) is -0.373. The third-order valence-corrected chi connectivity index (χ3v) is 4.66. The van der Waals surface area contributed by atoms with Crippen molar-refractivity contribution < 1.29 is 14.1 Å². The maximum Gasteiger partial charge on any atom is 0.273 e. The summed E-state index contributed by atoms with van der Waals surface area (Å²) < 4.78 is 13.5. The summed E-state index contributed by atoms with van der Waals surface area (Å²) >= 11 is 0. The Morgan fingerprint density at radius 1 is 1.30 bits per heavy atom. The molecule has 2 saturated heterocycles. The minimum atomic E-state index is -0.767. The van der Waals surface area contributed by atoms with Crippen LogP contribution >= 0.6 is 12.4 Å². The van der Waals surface area contributed by atoms with Crippen LogP contribution in [0.15, 0.2) is 18.2 Å². The van der Waals surface area contributed by atoms with E-state index in [0.717, 1.165) is 43.9 Å². The lowest BCUT2D eigenvalue weighted by molar-refractivity contribution is -0.385. The Kier molecular flexibility index (Phi) is 5.21. The first kappa shape index (κ1) is 17.6. The van der Waals surface area contributed by atoms with Crippen LogP contribution in [-0.2, 0) is 0 Å². The predicted octanol–water partition coefficient (Wildman–Crippen LogP) is 2.51. The molecule has 1 aromatic rings. The van der Waals surface area contributed by atoms with Crippen molar-refractivity contribution >= 4 is 24.0 Å². The van der Waals surface area contributed by atoms with Crippen LogP contribution in [0.4, 0.5) is 10.1 Å². The van der Waals surface area contributed by atoms with Crippen molar-refractivity contribution in [1.29, 1.82) is 0 Å². The highest BCUT2D eigenvalue weighted by Crippen LogP contribution is 2.30. The molecule has 1 N–H and O–H groups in total. The van der Waals surface area contributed by atoms with Gasteiger partial charge < -0.3 is 10.2 Å². The molecule has 126 valence electrons. The largest absolute Gasteiger partial charge is 0.339 e. The molecule has 0 radical (unpaired) electrons. The number of nitrogens with zero attached hydrogens (tertiary/aromatic N) is 2. The second kappa shape index (κ2) is 6.80. The zero-order chi connectivity index (χ0) is 15.9. The van der Waals surface area contributed by atoms with Gasteiger partial charge in [-0.25, -0.2) is 4.39 Å². The van der Waals surface area contributed by atoms with Crippen molar-refractivity contribution in [3.05, 3.63) is 39.7 Å². The fourth-order valence-corrected chi connectivity index (χ4v) is 3.52. The van der Waals surface area contributed by atoms with E-state index in [-0.39, 0.29) is 29.9 Å².